The highest BCUT2D eigenvalue weighted by Crippen LogP contribution is 2.28. The molecule has 0 radical (unpaired) electrons. The predicted octanol–water partition coefficient (Wildman–Crippen LogP) is 0.791. The van der Waals surface area contributed by atoms with Crippen molar-refractivity contribution in [2.24, 2.45) is 5.73 Å². The maximum atomic E-state index is 13.8. The van der Waals surface area contributed by atoms with E-state index in [1.54, 1.807) is 6.92 Å². The summed E-state index contributed by atoms with van der Waals surface area (Å²) in [5.74, 6) is -1.56. The third-order valence-corrected chi connectivity index (χ3v) is 3.02. The Morgan fingerprint density at radius 2 is 2.21 bits per heavy atom. The molecule has 102 valence electrons. The van der Waals surface area contributed by atoms with Crippen LogP contribution in [0.15, 0.2) is 30.9 Å². The number of benzene rings is 1. The number of hydrogen-bond donors (Lipinski definition) is 2. The highest BCUT2D eigenvalue weighted by molar-refractivity contribution is 5.26. The predicted molar refractivity (Wildman–Crippen MR) is 63.9 cm³/mol. The van der Waals surface area contributed by atoms with Gasteiger partial charge in [0.1, 0.15) is 29.9 Å². The van der Waals surface area contributed by atoms with Gasteiger partial charge in [-0.15, -0.1) is 0 Å². The van der Waals surface area contributed by atoms with Gasteiger partial charge >= 0.3 is 0 Å². The number of aromatic nitrogens is 3. The summed E-state index contributed by atoms with van der Waals surface area (Å²) in [7, 11) is 0. The molecular weight excluding hydrogens is 254 g/mol. The van der Waals surface area contributed by atoms with E-state index in [0.717, 1.165) is 6.07 Å². The van der Waals surface area contributed by atoms with E-state index in [9.17, 15) is 13.9 Å². The van der Waals surface area contributed by atoms with Gasteiger partial charge in [-0.3, -0.25) is 0 Å². The van der Waals surface area contributed by atoms with Crippen molar-refractivity contribution < 1.29 is 13.9 Å². The molecule has 0 saturated carbocycles. The molecule has 1 aromatic heterocycles. The lowest BCUT2D eigenvalue weighted by atomic mass is 9.87. The van der Waals surface area contributed by atoms with E-state index < -0.39 is 23.3 Å². The van der Waals surface area contributed by atoms with Gasteiger partial charge in [-0.05, 0) is 13.0 Å². The zero-order valence-electron chi connectivity index (χ0n) is 10.3. The van der Waals surface area contributed by atoms with Crippen molar-refractivity contribution in [1.82, 2.24) is 14.8 Å². The molecule has 2 atom stereocenters. The van der Waals surface area contributed by atoms with Gasteiger partial charge in [0, 0.05) is 17.7 Å². The van der Waals surface area contributed by atoms with Crippen molar-refractivity contribution in [2.75, 3.05) is 0 Å². The number of aliphatic hydroxyl groups is 1. The van der Waals surface area contributed by atoms with E-state index in [4.69, 9.17) is 5.73 Å². The summed E-state index contributed by atoms with van der Waals surface area (Å²) in [5, 5.41) is 14.5. The topological polar surface area (TPSA) is 77.0 Å². The quantitative estimate of drug-likeness (QED) is 0.859. The smallest absolute Gasteiger partial charge is 0.137 e. The van der Waals surface area contributed by atoms with E-state index in [0.29, 0.717) is 6.07 Å². The molecule has 1 heterocycles. The molecule has 0 unspecified atom stereocenters. The van der Waals surface area contributed by atoms with Gasteiger partial charge in [0.15, 0.2) is 0 Å². The number of halogens is 2. The first-order valence-electron chi connectivity index (χ1n) is 5.69. The monoisotopic (exact) mass is 268 g/mol. The first kappa shape index (κ1) is 13.6. The molecule has 0 bridgehead atoms. The van der Waals surface area contributed by atoms with Gasteiger partial charge in [0.05, 0.1) is 6.54 Å². The normalized spacial score (nSPS) is 16.1. The van der Waals surface area contributed by atoms with Crippen LogP contribution in [0.5, 0.6) is 0 Å². The van der Waals surface area contributed by atoms with Crippen LogP contribution in [0, 0.1) is 11.6 Å². The lowest BCUT2D eigenvalue weighted by Gasteiger charge is -2.32. The first-order chi connectivity index (χ1) is 8.93. The van der Waals surface area contributed by atoms with E-state index in [1.165, 1.54) is 23.4 Å². The van der Waals surface area contributed by atoms with E-state index in [-0.39, 0.29) is 12.1 Å². The number of rotatable bonds is 4. The molecule has 3 N–H and O–H groups in total. The van der Waals surface area contributed by atoms with Gasteiger partial charge in [0.2, 0.25) is 0 Å². The van der Waals surface area contributed by atoms with Crippen molar-refractivity contribution in [2.45, 2.75) is 25.1 Å². The van der Waals surface area contributed by atoms with Gasteiger partial charge in [0.25, 0.3) is 0 Å². The van der Waals surface area contributed by atoms with E-state index >= 15 is 0 Å². The molecule has 2 aromatic rings. The third-order valence-electron chi connectivity index (χ3n) is 3.02. The zero-order chi connectivity index (χ0) is 14.0. The van der Waals surface area contributed by atoms with Crippen molar-refractivity contribution in [1.29, 1.82) is 0 Å². The first-order valence-corrected chi connectivity index (χ1v) is 5.69. The summed E-state index contributed by atoms with van der Waals surface area (Å²) in [6, 6.07) is 2.19. The van der Waals surface area contributed by atoms with Crippen LogP contribution in [-0.4, -0.2) is 25.9 Å². The van der Waals surface area contributed by atoms with Crippen LogP contribution in [-0.2, 0) is 12.1 Å². The molecule has 1 aromatic carbocycles. The maximum absolute atomic E-state index is 13.8. The SMILES string of the molecule is C[C@@H](N)[C@@](O)(Cn1cncn1)c1ccc(F)cc1F. The minimum absolute atomic E-state index is 0.0700. The molecule has 0 aliphatic rings. The number of nitrogens with zero attached hydrogens (tertiary/aromatic N) is 3. The summed E-state index contributed by atoms with van der Waals surface area (Å²) in [6.07, 6.45) is 2.68. The van der Waals surface area contributed by atoms with Crippen LogP contribution in [0.3, 0.4) is 0 Å². The fourth-order valence-corrected chi connectivity index (χ4v) is 1.88. The second-order valence-corrected chi connectivity index (χ2v) is 4.43. The lowest BCUT2D eigenvalue weighted by Crippen LogP contribution is -2.47. The summed E-state index contributed by atoms with van der Waals surface area (Å²) < 4.78 is 28.1. The highest BCUT2D eigenvalue weighted by Gasteiger charge is 2.37. The maximum Gasteiger partial charge on any atom is 0.137 e. The molecule has 7 heteroatoms. The van der Waals surface area contributed by atoms with Crippen LogP contribution in [0.1, 0.15) is 12.5 Å². The van der Waals surface area contributed by atoms with Gasteiger partial charge in [-0.25, -0.2) is 18.4 Å². The van der Waals surface area contributed by atoms with Crippen LogP contribution in [0.25, 0.3) is 0 Å². The Balaban J connectivity index is 2.43. The van der Waals surface area contributed by atoms with Crippen molar-refractivity contribution in [3.8, 4) is 0 Å². The van der Waals surface area contributed by atoms with E-state index in [1.807, 2.05) is 0 Å². The standard InChI is InChI=1S/C12H14F2N4O/c1-8(15)12(19,5-18-7-16-6-17-18)10-3-2-9(13)4-11(10)14/h2-4,6-8,19H,5,15H2,1H3/t8-,12+/m1/s1. The molecule has 5 nitrogen and oxygen atoms in total. The molecule has 0 saturated heterocycles. The average molecular weight is 268 g/mol. The highest BCUT2D eigenvalue weighted by atomic mass is 19.1. The van der Waals surface area contributed by atoms with Crippen molar-refractivity contribution in [3.05, 3.63) is 48.1 Å². The molecule has 0 amide bonds. The summed E-state index contributed by atoms with van der Waals surface area (Å²) in [5.41, 5.74) is 3.98. The molecule has 0 spiro atoms. The van der Waals surface area contributed by atoms with Crippen LogP contribution < -0.4 is 5.73 Å². The minimum atomic E-state index is -1.70. The molecular formula is C12H14F2N4O. The summed E-state index contributed by atoms with van der Waals surface area (Å²) in [6.45, 7) is 1.47. The average Bonchev–Trinajstić information content (AvgIpc) is 2.81. The van der Waals surface area contributed by atoms with E-state index in [2.05, 4.69) is 10.1 Å². The summed E-state index contributed by atoms with van der Waals surface area (Å²) >= 11 is 0. The molecule has 0 aliphatic carbocycles. The second-order valence-electron chi connectivity index (χ2n) is 4.43. The molecule has 0 fully saturated rings. The van der Waals surface area contributed by atoms with Gasteiger partial charge < -0.3 is 10.8 Å². The van der Waals surface area contributed by atoms with Crippen molar-refractivity contribution in [3.63, 3.8) is 0 Å². The number of nitrogens with two attached hydrogens (primary N) is 1. The number of hydrogen-bond acceptors (Lipinski definition) is 4. The van der Waals surface area contributed by atoms with Crippen LogP contribution in [0.2, 0.25) is 0 Å². The van der Waals surface area contributed by atoms with Crippen molar-refractivity contribution >= 4 is 0 Å². The van der Waals surface area contributed by atoms with Crippen LogP contribution in [0.4, 0.5) is 8.78 Å². The third kappa shape index (κ3) is 2.61. The Labute approximate surface area is 108 Å². The van der Waals surface area contributed by atoms with Gasteiger partial charge in [-0.2, -0.15) is 5.10 Å². The Bertz CT molecular complexity index is 559. The lowest BCUT2D eigenvalue weighted by molar-refractivity contribution is -0.00856. The Hall–Kier alpha value is -1.86. The molecule has 2 rings (SSSR count). The van der Waals surface area contributed by atoms with Crippen LogP contribution >= 0.6 is 0 Å². The minimum Gasteiger partial charge on any atom is -0.381 e. The second kappa shape index (κ2) is 5.02. The molecule has 0 aliphatic heterocycles. The fraction of sp³-hybridized carbons (Fsp3) is 0.333. The van der Waals surface area contributed by atoms with Gasteiger partial charge in [-0.1, -0.05) is 6.07 Å². The Kier molecular flexibility index (Phi) is 3.59. The Morgan fingerprint density at radius 1 is 1.47 bits per heavy atom. The Morgan fingerprint density at radius 3 is 2.74 bits per heavy atom. The largest absolute Gasteiger partial charge is 0.381 e. The fourth-order valence-electron chi connectivity index (χ4n) is 1.88. The summed E-state index contributed by atoms with van der Waals surface area (Å²) in [4.78, 5) is 3.74. The zero-order valence-corrected chi connectivity index (χ0v) is 10.3. The molecule has 19 heavy (non-hydrogen) atoms.